The Morgan fingerprint density at radius 2 is 2.27 bits per heavy atom. The molecular weight excluding hydrogens is 284 g/mol. The minimum Gasteiger partial charge on any atom is -0.326 e. The Morgan fingerprint density at radius 1 is 1.36 bits per heavy atom. The predicted molar refractivity (Wildman–Crippen MR) is 77.5 cm³/mol. The van der Waals surface area contributed by atoms with Crippen LogP contribution in [-0.2, 0) is 18.4 Å². The predicted octanol–water partition coefficient (Wildman–Crippen LogP) is 0.497. The van der Waals surface area contributed by atoms with E-state index in [-0.39, 0.29) is 5.91 Å². The first-order valence-electron chi connectivity index (χ1n) is 6.67. The summed E-state index contributed by atoms with van der Waals surface area (Å²) in [6, 6.07) is 7.38. The number of rotatable bonds is 5. The fourth-order valence-electron chi connectivity index (χ4n) is 2.00. The third-order valence-electron chi connectivity index (χ3n) is 3.06. The molecule has 22 heavy (non-hydrogen) atoms. The van der Waals surface area contributed by atoms with E-state index >= 15 is 0 Å². The van der Waals surface area contributed by atoms with Crippen LogP contribution in [0.15, 0.2) is 36.9 Å². The molecule has 0 spiro atoms. The molecule has 9 nitrogen and oxygen atoms in total. The van der Waals surface area contributed by atoms with Crippen molar-refractivity contribution in [1.29, 1.82) is 0 Å². The monoisotopic (exact) mass is 298 g/mol. The molecule has 0 radical (unpaired) electrons. The number of anilines is 1. The normalized spacial score (nSPS) is 10.6. The lowest BCUT2D eigenvalue weighted by Gasteiger charge is -2.07. The van der Waals surface area contributed by atoms with Crippen molar-refractivity contribution in [2.24, 2.45) is 7.05 Å². The zero-order chi connectivity index (χ0) is 15.4. The van der Waals surface area contributed by atoms with Crippen molar-refractivity contribution >= 4 is 11.6 Å². The third kappa shape index (κ3) is 3.14. The number of hydrogen-bond donors (Lipinski definition) is 1. The van der Waals surface area contributed by atoms with Gasteiger partial charge in [-0.05, 0) is 22.6 Å². The molecule has 2 aromatic heterocycles. The van der Waals surface area contributed by atoms with Crippen LogP contribution in [0.25, 0.3) is 11.4 Å². The van der Waals surface area contributed by atoms with Crippen molar-refractivity contribution in [2.75, 3.05) is 5.32 Å². The molecule has 0 bridgehead atoms. The van der Waals surface area contributed by atoms with Crippen molar-refractivity contribution in [3.05, 3.63) is 36.9 Å². The number of nitrogens with one attached hydrogen (secondary N) is 1. The lowest BCUT2D eigenvalue weighted by molar-refractivity contribution is -0.116. The van der Waals surface area contributed by atoms with Crippen LogP contribution in [0.1, 0.15) is 6.42 Å². The Labute approximate surface area is 126 Å². The van der Waals surface area contributed by atoms with Crippen LogP contribution in [0.5, 0.6) is 0 Å². The molecule has 9 heteroatoms. The summed E-state index contributed by atoms with van der Waals surface area (Å²) in [5, 5.41) is 18.1. The van der Waals surface area contributed by atoms with Crippen LogP contribution in [0.4, 0.5) is 5.69 Å². The molecular formula is C13H14N8O. The lowest BCUT2D eigenvalue weighted by Crippen LogP contribution is -2.14. The van der Waals surface area contributed by atoms with E-state index < -0.39 is 0 Å². The second kappa shape index (κ2) is 6.12. The maximum absolute atomic E-state index is 12.0. The number of amides is 1. The van der Waals surface area contributed by atoms with Gasteiger partial charge >= 0.3 is 0 Å². The van der Waals surface area contributed by atoms with Gasteiger partial charge < -0.3 is 5.32 Å². The molecule has 0 unspecified atom stereocenters. The zero-order valence-electron chi connectivity index (χ0n) is 11.9. The first kappa shape index (κ1) is 13.9. The number of aromatic nitrogens is 7. The van der Waals surface area contributed by atoms with E-state index in [0.29, 0.717) is 24.5 Å². The molecule has 0 saturated heterocycles. The molecule has 3 rings (SSSR count). The molecule has 112 valence electrons. The van der Waals surface area contributed by atoms with Gasteiger partial charge in [0.2, 0.25) is 5.91 Å². The number of carbonyl (C=O) groups is 1. The van der Waals surface area contributed by atoms with Crippen LogP contribution in [0.2, 0.25) is 0 Å². The molecule has 0 atom stereocenters. The highest BCUT2D eigenvalue weighted by Gasteiger charge is 2.08. The van der Waals surface area contributed by atoms with Gasteiger partial charge in [0, 0.05) is 24.7 Å². The average molecular weight is 298 g/mol. The molecule has 0 saturated carbocycles. The van der Waals surface area contributed by atoms with Crippen molar-refractivity contribution in [3.8, 4) is 11.4 Å². The van der Waals surface area contributed by atoms with Gasteiger partial charge in [-0.3, -0.25) is 9.48 Å². The highest BCUT2D eigenvalue weighted by molar-refractivity contribution is 5.91. The summed E-state index contributed by atoms with van der Waals surface area (Å²) in [5.41, 5.74) is 1.53. The minimum absolute atomic E-state index is 0.0938. The van der Waals surface area contributed by atoms with Gasteiger partial charge in [-0.2, -0.15) is 5.10 Å². The van der Waals surface area contributed by atoms with Crippen LogP contribution in [-0.4, -0.2) is 40.9 Å². The summed E-state index contributed by atoms with van der Waals surface area (Å²) in [7, 11) is 1.76. The Morgan fingerprint density at radius 3 is 3.00 bits per heavy atom. The molecule has 2 heterocycles. The van der Waals surface area contributed by atoms with E-state index in [1.165, 1.54) is 6.33 Å². The molecule has 0 aliphatic heterocycles. The number of nitrogens with zero attached hydrogens (tertiary/aromatic N) is 7. The fraction of sp³-hybridized carbons (Fsp3) is 0.231. The number of tetrazole rings is 1. The number of benzene rings is 1. The molecule has 0 aliphatic carbocycles. The summed E-state index contributed by atoms with van der Waals surface area (Å²) < 4.78 is 3.19. The summed E-state index contributed by atoms with van der Waals surface area (Å²) in [6.07, 6.45) is 3.34. The van der Waals surface area contributed by atoms with Crippen LogP contribution < -0.4 is 5.32 Å². The Hall–Kier alpha value is -3.10. The maximum Gasteiger partial charge on any atom is 0.226 e. The molecule has 1 N–H and O–H groups in total. The van der Waals surface area contributed by atoms with E-state index in [0.717, 1.165) is 5.56 Å². The van der Waals surface area contributed by atoms with Gasteiger partial charge in [-0.1, -0.05) is 12.1 Å². The van der Waals surface area contributed by atoms with Gasteiger partial charge in [0.1, 0.15) is 12.7 Å². The topological polar surface area (TPSA) is 103 Å². The van der Waals surface area contributed by atoms with E-state index in [1.807, 2.05) is 24.3 Å². The number of aryl methyl sites for hydroxylation is 2. The van der Waals surface area contributed by atoms with Gasteiger partial charge in [-0.15, -0.1) is 5.10 Å². The molecule has 0 fully saturated rings. The maximum atomic E-state index is 12.0. The van der Waals surface area contributed by atoms with Gasteiger partial charge in [-0.25, -0.2) is 9.67 Å². The van der Waals surface area contributed by atoms with E-state index in [4.69, 9.17) is 0 Å². The van der Waals surface area contributed by atoms with E-state index in [2.05, 4.69) is 30.9 Å². The summed E-state index contributed by atoms with van der Waals surface area (Å²) in [4.78, 5) is 15.8. The molecule has 3 aromatic rings. The van der Waals surface area contributed by atoms with Crippen molar-refractivity contribution < 1.29 is 4.79 Å². The lowest BCUT2D eigenvalue weighted by atomic mass is 10.2. The largest absolute Gasteiger partial charge is 0.326 e. The third-order valence-corrected chi connectivity index (χ3v) is 3.06. The molecule has 1 aromatic carbocycles. The summed E-state index contributed by atoms with van der Waals surface area (Å²) >= 11 is 0. The second-order valence-corrected chi connectivity index (χ2v) is 4.66. The smallest absolute Gasteiger partial charge is 0.226 e. The van der Waals surface area contributed by atoms with Gasteiger partial charge in [0.15, 0.2) is 5.82 Å². The van der Waals surface area contributed by atoms with Gasteiger partial charge in [0.25, 0.3) is 0 Å². The van der Waals surface area contributed by atoms with Crippen LogP contribution in [0.3, 0.4) is 0 Å². The van der Waals surface area contributed by atoms with Crippen molar-refractivity contribution in [3.63, 3.8) is 0 Å². The Bertz CT molecular complexity index is 764. The van der Waals surface area contributed by atoms with Gasteiger partial charge in [0.05, 0.1) is 6.54 Å². The summed E-state index contributed by atoms with van der Waals surface area (Å²) in [6.45, 7) is 0.485. The Balaban J connectivity index is 1.65. The molecule has 1 amide bonds. The second-order valence-electron chi connectivity index (χ2n) is 4.66. The first-order chi connectivity index (χ1) is 10.7. The zero-order valence-corrected chi connectivity index (χ0v) is 11.9. The van der Waals surface area contributed by atoms with E-state index in [9.17, 15) is 4.79 Å². The Kier molecular flexibility index (Phi) is 3.86. The van der Waals surface area contributed by atoms with Crippen molar-refractivity contribution in [2.45, 2.75) is 13.0 Å². The highest BCUT2D eigenvalue weighted by Crippen LogP contribution is 2.19. The fourth-order valence-corrected chi connectivity index (χ4v) is 2.00. The highest BCUT2D eigenvalue weighted by atomic mass is 16.1. The first-order valence-corrected chi connectivity index (χ1v) is 6.67. The number of carbonyl (C=O) groups excluding carboxylic acids is 1. The SMILES string of the molecule is Cn1nnnc1-c1cccc(NC(=O)CCn2cncn2)c1. The molecule has 0 aliphatic rings. The number of hydrogen-bond acceptors (Lipinski definition) is 6. The van der Waals surface area contributed by atoms with Crippen molar-refractivity contribution in [1.82, 2.24) is 35.0 Å². The van der Waals surface area contributed by atoms with Crippen LogP contribution in [0, 0.1) is 0 Å². The summed E-state index contributed by atoms with van der Waals surface area (Å²) in [5.74, 6) is 0.544. The van der Waals surface area contributed by atoms with E-state index in [1.54, 1.807) is 22.7 Å². The quantitative estimate of drug-likeness (QED) is 0.735. The standard InChI is InChI=1S/C13H14N8O/c1-20-13(17-18-19-20)10-3-2-4-11(7-10)16-12(22)5-6-21-9-14-8-15-21/h2-4,7-9H,5-6H2,1H3,(H,16,22). The average Bonchev–Trinajstić information content (AvgIpc) is 3.16. The minimum atomic E-state index is -0.0938. The van der Waals surface area contributed by atoms with Crippen LogP contribution >= 0.6 is 0 Å².